The van der Waals surface area contributed by atoms with Gasteiger partial charge in [-0.1, -0.05) is 17.7 Å². The zero-order valence-electron chi connectivity index (χ0n) is 14.1. The highest BCUT2D eigenvalue weighted by Gasteiger charge is 2.16. The minimum Gasteiger partial charge on any atom is -0.496 e. The molecule has 0 unspecified atom stereocenters. The van der Waals surface area contributed by atoms with Crippen molar-refractivity contribution in [2.75, 3.05) is 13.4 Å². The number of aryl methyl sites for hydroxylation is 2. The molecule has 0 heterocycles. The van der Waals surface area contributed by atoms with E-state index in [-0.39, 0.29) is 17.1 Å². The van der Waals surface area contributed by atoms with Crippen LogP contribution in [-0.2, 0) is 21.2 Å². The quantitative estimate of drug-likeness (QED) is 0.777. The Labute approximate surface area is 142 Å². The van der Waals surface area contributed by atoms with Gasteiger partial charge < -0.3 is 9.47 Å². The van der Waals surface area contributed by atoms with Crippen LogP contribution in [0.1, 0.15) is 27.0 Å². The third-order valence-corrected chi connectivity index (χ3v) is 4.76. The molecular weight excluding hydrogens is 328 g/mol. The first-order valence-electron chi connectivity index (χ1n) is 7.33. The SMILES string of the molecule is COc1ccc(C)cc1COC(=O)c1cc(S(C)(=O)=O)ccc1C. The summed E-state index contributed by atoms with van der Waals surface area (Å²) in [5.74, 6) is 0.0663. The molecule has 0 aliphatic rings. The fraction of sp³-hybridized carbons (Fsp3) is 0.278. The molecule has 6 heteroatoms. The third-order valence-electron chi connectivity index (χ3n) is 3.65. The Morgan fingerprint density at radius 2 is 1.79 bits per heavy atom. The fourth-order valence-corrected chi connectivity index (χ4v) is 2.94. The Kier molecular flexibility index (Phi) is 5.29. The summed E-state index contributed by atoms with van der Waals surface area (Å²) < 4.78 is 33.9. The predicted octanol–water partition coefficient (Wildman–Crippen LogP) is 3.07. The van der Waals surface area contributed by atoms with E-state index >= 15 is 0 Å². The van der Waals surface area contributed by atoms with Crippen LogP contribution in [0.2, 0.25) is 0 Å². The Morgan fingerprint density at radius 1 is 1.08 bits per heavy atom. The van der Waals surface area contributed by atoms with Gasteiger partial charge in [0.25, 0.3) is 0 Å². The lowest BCUT2D eigenvalue weighted by molar-refractivity contribution is 0.0469. The molecule has 0 saturated carbocycles. The number of sulfone groups is 1. The smallest absolute Gasteiger partial charge is 0.338 e. The molecule has 0 fully saturated rings. The highest BCUT2D eigenvalue weighted by atomic mass is 32.2. The lowest BCUT2D eigenvalue weighted by Crippen LogP contribution is -2.09. The van der Waals surface area contributed by atoms with Crippen molar-refractivity contribution in [3.63, 3.8) is 0 Å². The molecule has 0 N–H and O–H groups in total. The summed E-state index contributed by atoms with van der Waals surface area (Å²) in [7, 11) is -1.84. The highest BCUT2D eigenvalue weighted by Crippen LogP contribution is 2.22. The maximum absolute atomic E-state index is 12.3. The number of ether oxygens (including phenoxy) is 2. The van der Waals surface area contributed by atoms with Crippen molar-refractivity contribution in [3.8, 4) is 5.75 Å². The van der Waals surface area contributed by atoms with Gasteiger partial charge in [-0.15, -0.1) is 0 Å². The largest absolute Gasteiger partial charge is 0.496 e. The average molecular weight is 348 g/mol. The van der Waals surface area contributed by atoms with Crippen molar-refractivity contribution in [1.29, 1.82) is 0 Å². The number of esters is 1. The van der Waals surface area contributed by atoms with Crippen LogP contribution in [0.25, 0.3) is 0 Å². The minimum atomic E-state index is -3.39. The van der Waals surface area contributed by atoms with Crippen molar-refractivity contribution in [2.24, 2.45) is 0 Å². The van der Waals surface area contributed by atoms with Crippen LogP contribution in [0.3, 0.4) is 0 Å². The van der Waals surface area contributed by atoms with E-state index in [0.717, 1.165) is 17.4 Å². The van der Waals surface area contributed by atoms with E-state index in [1.807, 2.05) is 25.1 Å². The third kappa shape index (κ3) is 4.14. The van der Waals surface area contributed by atoms with E-state index in [9.17, 15) is 13.2 Å². The number of rotatable bonds is 5. The Bertz CT molecular complexity index is 869. The zero-order chi connectivity index (χ0) is 17.9. The molecule has 0 amide bonds. The first-order valence-corrected chi connectivity index (χ1v) is 9.23. The minimum absolute atomic E-state index is 0.0478. The lowest BCUT2D eigenvalue weighted by atomic mass is 10.1. The first kappa shape index (κ1) is 18.0. The van der Waals surface area contributed by atoms with Gasteiger partial charge in [0.15, 0.2) is 9.84 Å². The van der Waals surface area contributed by atoms with Crippen LogP contribution in [0.15, 0.2) is 41.3 Å². The molecule has 0 bridgehead atoms. The molecule has 2 rings (SSSR count). The van der Waals surface area contributed by atoms with Gasteiger partial charge in [-0.05, 0) is 43.7 Å². The van der Waals surface area contributed by atoms with Crippen LogP contribution in [-0.4, -0.2) is 27.8 Å². The molecule has 0 aromatic heterocycles. The second kappa shape index (κ2) is 7.05. The maximum atomic E-state index is 12.3. The molecule has 2 aromatic rings. The van der Waals surface area contributed by atoms with Gasteiger partial charge in [-0.3, -0.25) is 0 Å². The second-order valence-electron chi connectivity index (χ2n) is 5.64. The van der Waals surface area contributed by atoms with Gasteiger partial charge >= 0.3 is 5.97 Å². The summed E-state index contributed by atoms with van der Waals surface area (Å²) in [5.41, 5.74) is 2.67. The summed E-state index contributed by atoms with van der Waals surface area (Å²) in [4.78, 5) is 12.4. The predicted molar refractivity (Wildman–Crippen MR) is 91.1 cm³/mol. The van der Waals surface area contributed by atoms with E-state index < -0.39 is 15.8 Å². The molecule has 24 heavy (non-hydrogen) atoms. The number of carbonyl (C=O) groups is 1. The molecule has 0 saturated heterocycles. The Morgan fingerprint density at radius 3 is 2.42 bits per heavy atom. The maximum Gasteiger partial charge on any atom is 0.338 e. The summed E-state index contributed by atoms with van der Waals surface area (Å²) in [6, 6.07) is 10.0. The number of hydrogen-bond acceptors (Lipinski definition) is 5. The van der Waals surface area contributed by atoms with Crippen LogP contribution >= 0.6 is 0 Å². The Balaban J connectivity index is 2.24. The molecular formula is C18H20O5S. The monoisotopic (exact) mass is 348 g/mol. The van der Waals surface area contributed by atoms with Crippen molar-refractivity contribution < 1.29 is 22.7 Å². The molecule has 128 valence electrons. The van der Waals surface area contributed by atoms with Gasteiger partial charge in [0.1, 0.15) is 12.4 Å². The van der Waals surface area contributed by atoms with E-state index in [1.54, 1.807) is 20.1 Å². The highest BCUT2D eigenvalue weighted by molar-refractivity contribution is 7.90. The van der Waals surface area contributed by atoms with Gasteiger partial charge in [0, 0.05) is 11.8 Å². The standard InChI is InChI=1S/C18H20O5S/c1-12-5-8-17(22-3)14(9-12)11-23-18(19)16-10-15(24(4,20)21)7-6-13(16)2/h5-10H,11H2,1-4H3. The molecule has 0 aliphatic carbocycles. The van der Waals surface area contributed by atoms with Crippen molar-refractivity contribution in [1.82, 2.24) is 0 Å². The van der Waals surface area contributed by atoms with E-state index in [2.05, 4.69) is 0 Å². The van der Waals surface area contributed by atoms with Crippen molar-refractivity contribution in [3.05, 3.63) is 58.7 Å². The molecule has 0 aliphatic heterocycles. The van der Waals surface area contributed by atoms with Crippen LogP contribution in [0.5, 0.6) is 5.75 Å². The van der Waals surface area contributed by atoms with E-state index in [0.29, 0.717) is 11.3 Å². The first-order chi connectivity index (χ1) is 11.2. The second-order valence-corrected chi connectivity index (χ2v) is 7.66. The average Bonchev–Trinajstić information content (AvgIpc) is 2.52. The summed E-state index contributed by atoms with van der Waals surface area (Å²) >= 11 is 0. The van der Waals surface area contributed by atoms with Crippen LogP contribution < -0.4 is 4.74 Å². The van der Waals surface area contributed by atoms with Gasteiger partial charge in [0.2, 0.25) is 0 Å². The molecule has 2 aromatic carbocycles. The fourth-order valence-electron chi connectivity index (χ4n) is 2.29. The van der Waals surface area contributed by atoms with Gasteiger partial charge in [-0.25, -0.2) is 13.2 Å². The summed E-state index contributed by atoms with van der Waals surface area (Å²) in [5, 5.41) is 0. The van der Waals surface area contributed by atoms with E-state index in [1.165, 1.54) is 12.1 Å². The number of benzene rings is 2. The van der Waals surface area contributed by atoms with Crippen LogP contribution in [0, 0.1) is 13.8 Å². The zero-order valence-corrected chi connectivity index (χ0v) is 14.9. The molecule has 0 radical (unpaired) electrons. The van der Waals surface area contributed by atoms with Crippen LogP contribution in [0.4, 0.5) is 0 Å². The topological polar surface area (TPSA) is 69.7 Å². The molecule has 0 spiro atoms. The number of methoxy groups -OCH3 is 1. The summed E-state index contributed by atoms with van der Waals surface area (Å²) in [6.45, 7) is 3.71. The Hall–Kier alpha value is -2.34. The normalized spacial score (nSPS) is 11.2. The molecule has 0 atom stereocenters. The molecule has 5 nitrogen and oxygen atoms in total. The van der Waals surface area contributed by atoms with Crippen molar-refractivity contribution >= 4 is 15.8 Å². The number of hydrogen-bond donors (Lipinski definition) is 0. The summed E-state index contributed by atoms with van der Waals surface area (Å²) in [6.07, 6.45) is 1.10. The van der Waals surface area contributed by atoms with Gasteiger partial charge in [0.05, 0.1) is 17.6 Å². The van der Waals surface area contributed by atoms with E-state index in [4.69, 9.17) is 9.47 Å². The van der Waals surface area contributed by atoms with Gasteiger partial charge in [-0.2, -0.15) is 0 Å². The number of carbonyl (C=O) groups excluding carboxylic acids is 1. The lowest BCUT2D eigenvalue weighted by Gasteiger charge is -2.12. The van der Waals surface area contributed by atoms with Crippen molar-refractivity contribution in [2.45, 2.75) is 25.3 Å².